The number of para-hydroxylation sites is 1. The van der Waals surface area contributed by atoms with Crippen LogP contribution in [0.15, 0.2) is 47.5 Å². The van der Waals surface area contributed by atoms with E-state index in [4.69, 9.17) is 12.7 Å². The molecule has 0 aliphatic carbocycles. The van der Waals surface area contributed by atoms with E-state index in [2.05, 4.69) is 18.0 Å². The number of hydrogen-bond donors (Lipinski definition) is 0. The van der Waals surface area contributed by atoms with Gasteiger partial charge in [-0.05, 0) is 37.6 Å². The Balaban J connectivity index is 2.30. The van der Waals surface area contributed by atoms with Crippen molar-refractivity contribution in [2.45, 2.75) is 13.8 Å². The summed E-state index contributed by atoms with van der Waals surface area (Å²) in [6.07, 6.45) is 1.76. The number of nitrogens with zero attached hydrogens (tertiary/aromatic N) is 1. The predicted molar refractivity (Wildman–Crippen MR) is 76.0 cm³/mol. The van der Waals surface area contributed by atoms with Crippen LogP contribution in [-0.2, 0) is 0 Å². The number of rotatable bonds is 3. The van der Waals surface area contributed by atoms with Gasteiger partial charge in [-0.1, -0.05) is 29.8 Å². The van der Waals surface area contributed by atoms with Crippen LogP contribution in [0.2, 0.25) is 0 Å². The smallest absolute Gasteiger partial charge is 0.374 e. The van der Waals surface area contributed by atoms with Gasteiger partial charge >= 0.3 is 8.05 Å². The van der Waals surface area contributed by atoms with Crippen LogP contribution in [-0.4, -0.2) is 14.3 Å². The molecule has 0 aromatic heterocycles. The summed E-state index contributed by atoms with van der Waals surface area (Å²) in [6, 6.07) is 13.7. The Bertz CT molecular complexity index is 578. The SMILES string of the molecule is [B]Oc1ccccc1C=Nc1ccc(C)cc1C. The highest BCUT2D eigenvalue weighted by atomic mass is 16.4. The highest BCUT2D eigenvalue weighted by molar-refractivity contribution is 6.01. The van der Waals surface area contributed by atoms with Crippen molar-refractivity contribution in [2.24, 2.45) is 4.99 Å². The summed E-state index contributed by atoms with van der Waals surface area (Å²) in [7, 11) is 5.21. The van der Waals surface area contributed by atoms with Gasteiger partial charge in [-0.15, -0.1) is 0 Å². The van der Waals surface area contributed by atoms with Crippen molar-refractivity contribution in [1.82, 2.24) is 0 Å². The standard InChI is InChI=1S/C15H14BNO/c1-11-7-8-14(12(2)9-11)17-10-13-5-3-4-6-15(13)18-16/h3-10H,1-2H3. The highest BCUT2D eigenvalue weighted by Crippen LogP contribution is 2.21. The molecule has 18 heavy (non-hydrogen) atoms. The molecule has 0 saturated heterocycles. The lowest BCUT2D eigenvalue weighted by molar-refractivity contribution is 0.615. The fourth-order valence-electron chi connectivity index (χ4n) is 1.78. The molecule has 0 atom stereocenters. The van der Waals surface area contributed by atoms with Crippen LogP contribution in [0.25, 0.3) is 0 Å². The van der Waals surface area contributed by atoms with Gasteiger partial charge in [-0.3, -0.25) is 4.99 Å². The highest BCUT2D eigenvalue weighted by Gasteiger charge is 1.99. The normalized spacial score (nSPS) is 10.8. The second-order valence-corrected chi connectivity index (χ2v) is 4.20. The lowest BCUT2D eigenvalue weighted by Crippen LogP contribution is -1.91. The van der Waals surface area contributed by atoms with Gasteiger partial charge in [-0.25, -0.2) is 0 Å². The van der Waals surface area contributed by atoms with Gasteiger partial charge in [0.15, 0.2) is 0 Å². The number of hydrogen-bond acceptors (Lipinski definition) is 2. The Morgan fingerprint density at radius 2 is 1.89 bits per heavy atom. The van der Waals surface area contributed by atoms with E-state index < -0.39 is 0 Å². The van der Waals surface area contributed by atoms with E-state index in [1.54, 1.807) is 6.21 Å². The molecule has 0 aliphatic rings. The molecule has 0 amide bonds. The maximum Gasteiger partial charge on any atom is 0.374 e. The average Bonchev–Trinajstić information content (AvgIpc) is 2.38. The molecule has 0 spiro atoms. The predicted octanol–water partition coefficient (Wildman–Crippen LogP) is 3.52. The molecule has 2 rings (SSSR count). The third-order valence-corrected chi connectivity index (χ3v) is 2.74. The van der Waals surface area contributed by atoms with Crippen LogP contribution in [0.3, 0.4) is 0 Å². The molecule has 2 aromatic rings. The Labute approximate surface area is 109 Å². The first kappa shape index (κ1) is 12.4. The molecule has 0 N–H and O–H groups in total. The van der Waals surface area contributed by atoms with E-state index in [-0.39, 0.29) is 0 Å². The van der Waals surface area contributed by atoms with Crippen molar-refractivity contribution in [1.29, 1.82) is 0 Å². The number of aliphatic imine (C=N–C) groups is 1. The molecular weight excluding hydrogens is 221 g/mol. The average molecular weight is 235 g/mol. The van der Waals surface area contributed by atoms with Gasteiger partial charge in [0.05, 0.1) is 5.69 Å². The molecule has 0 saturated carbocycles. The third kappa shape index (κ3) is 2.80. The molecule has 88 valence electrons. The zero-order valence-electron chi connectivity index (χ0n) is 10.6. The van der Waals surface area contributed by atoms with Gasteiger partial charge in [0.25, 0.3) is 0 Å². The number of aryl methyl sites for hydroxylation is 2. The quantitative estimate of drug-likeness (QED) is 0.589. The van der Waals surface area contributed by atoms with Crippen molar-refractivity contribution < 1.29 is 4.65 Å². The maximum absolute atomic E-state index is 5.21. The van der Waals surface area contributed by atoms with E-state index in [1.165, 1.54) is 5.56 Å². The zero-order chi connectivity index (χ0) is 13.0. The van der Waals surface area contributed by atoms with Gasteiger partial charge in [0.1, 0.15) is 5.75 Å². The molecule has 2 aromatic carbocycles. The van der Waals surface area contributed by atoms with E-state index >= 15 is 0 Å². The van der Waals surface area contributed by atoms with Crippen molar-refractivity contribution in [3.05, 3.63) is 59.2 Å². The first-order chi connectivity index (χ1) is 8.70. The molecule has 2 nitrogen and oxygen atoms in total. The van der Waals surface area contributed by atoms with Gasteiger partial charge in [-0.2, -0.15) is 0 Å². The minimum Gasteiger partial charge on any atom is -0.567 e. The molecule has 0 bridgehead atoms. The minimum atomic E-state index is 0.617. The van der Waals surface area contributed by atoms with Crippen molar-refractivity contribution in [2.75, 3.05) is 0 Å². The van der Waals surface area contributed by atoms with Crippen LogP contribution >= 0.6 is 0 Å². The van der Waals surface area contributed by atoms with Gasteiger partial charge in [0, 0.05) is 11.8 Å². The van der Waals surface area contributed by atoms with Crippen LogP contribution in [0.4, 0.5) is 5.69 Å². The summed E-state index contributed by atoms with van der Waals surface area (Å²) >= 11 is 0. The first-order valence-corrected chi connectivity index (χ1v) is 5.78. The molecule has 3 heteroatoms. The summed E-state index contributed by atoms with van der Waals surface area (Å²) in [5, 5.41) is 0. The summed E-state index contributed by atoms with van der Waals surface area (Å²) in [5.41, 5.74) is 4.20. The molecule has 0 fully saturated rings. The Morgan fingerprint density at radius 1 is 1.11 bits per heavy atom. The fraction of sp³-hybridized carbons (Fsp3) is 0.133. The third-order valence-electron chi connectivity index (χ3n) is 2.74. The van der Waals surface area contributed by atoms with E-state index in [0.29, 0.717) is 5.75 Å². The van der Waals surface area contributed by atoms with Crippen LogP contribution in [0, 0.1) is 13.8 Å². The maximum atomic E-state index is 5.21. The lowest BCUT2D eigenvalue weighted by Gasteiger charge is -2.04. The minimum absolute atomic E-state index is 0.617. The Kier molecular flexibility index (Phi) is 3.83. The van der Waals surface area contributed by atoms with Crippen LogP contribution < -0.4 is 4.65 Å². The van der Waals surface area contributed by atoms with Crippen LogP contribution in [0.1, 0.15) is 16.7 Å². The monoisotopic (exact) mass is 235 g/mol. The Hall–Kier alpha value is -2.03. The molecule has 2 radical (unpaired) electrons. The summed E-state index contributed by atoms with van der Waals surface area (Å²) in [5.74, 6) is 0.617. The first-order valence-electron chi connectivity index (χ1n) is 5.78. The molecular formula is C15H14BNO. The second kappa shape index (κ2) is 5.54. The van der Waals surface area contributed by atoms with Gasteiger partial charge < -0.3 is 4.65 Å². The van der Waals surface area contributed by atoms with Crippen LogP contribution in [0.5, 0.6) is 5.75 Å². The Morgan fingerprint density at radius 3 is 2.61 bits per heavy atom. The summed E-state index contributed by atoms with van der Waals surface area (Å²) < 4.78 is 4.79. The van der Waals surface area contributed by atoms with E-state index in [1.807, 2.05) is 43.3 Å². The van der Waals surface area contributed by atoms with Crippen molar-refractivity contribution in [3.63, 3.8) is 0 Å². The largest absolute Gasteiger partial charge is 0.567 e. The number of benzene rings is 2. The van der Waals surface area contributed by atoms with E-state index in [0.717, 1.165) is 16.8 Å². The summed E-state index contributed by atoms with van der Waals surface area (Å²) in [4.78, 5) is 4.47. The van der Waals surface area contributed by atoms with Crippen molar-refractivity contribution >= 4 is 20.0 Å². The molecule has 0 unspecified atom stereocenters. The lowest BCUT2D eigenvalue weighted by atomic mass is 10.1. The second-order valence-electron chi connectivity index (χ2n) is 4.20. The molecule has 0 aliphatic heterocycles. The topological polar surface area (TPSA) is 21.6 Å². The zero-order valence-corrected chi connectivity index (χ0v) is 10.6. The summed E-state index contributed by atoms with van der Waals surface area (Å²) in [6.45, 7) is 4.11. The molecule has 0 heterocycles. The van der Waals surface area contributed by atoms with Gasteiger partial charge in [0.2, 0.25) is 0 Å². The van der Waals surface area contributed by atoms with E-state index in [9.17, 15) is 0 Å². The fourth-order valence-corrected chi connectivity index (χ4v) is 1.78. The van der Waals surface area contributed by atoms with Crippen molar-refractivity contribution in [3.8, 4) is 5.75 Å².